The number of nitrogens with zero attached hydrogens (tertiary/aromatic N) is 4. The topological polar surface area (TPSA) is 159 Å². The zero-order valence-electron chi connectivity index (χ0n) is 21.8. The van der Waals surface area contributed by atoms with Crippen LogP contribution in [-0.4, -0.2) is 37.7 Å². The van der Waals surface area contributed by atoms with Crippen molar-refractivity contribution in [1.29, 1.82) is 5.26 Å². The Kier molecular flexibility index (Phi) is 8.37. The van der Waals surface area contributed by atoms with Crippen LogP contribution in [-0.2, 0) is 17.9 Å². The Labute approximate surface area is 227 Å². The van der Waals surface area contributed by atoms with Gasteiger partial charge in [0.05, 0.1) is 35.9 Å². The van der Waals surface area contributed by atoms with Crippen LogP contribution in [0, 0.1) is 17.2 Å². The lowest BCUT2D eigenvalue weighted by Gasteiger charge is -2.23. The number of nitriles is 1. The average Bonchev–Trinajstić information content (AvgIpc) is 3.53. The van der Waals surface area contributed by atoms with Crippen molar-refractivity contribution in [3.63, 3.8) is 0 Å². The first kappa shape index (κ1) is 28.2. The second kappa shape index (κ2) is 11.9. The van der Waals surface area contributed by atoms with Crippen molar-refractivity contribution in [2.45, 2.75) is 51.7 Å². The van der Waals surface area contributed by atoms with Crippen LogP contribution >= 0.6 is 0 Å². The van der Waals surface area contributed by atoms with Gasteiger partial charge in [-0.25, -0.2) is 18.3 Å². The predicted molar refractivity (Wildman–Crippen MR) is 139 cm³/mol. The third kappa shape index (κ3) is 7.16. The molecule has 2 heterocycles. The molecule has 1 unspecified atom stereocenters. The SMILES string of the molecule is CC(C)C(NC(=O)CCC(F)(F)Cn1cc(CNC(=O)c2cccc(C#N)c2)nn1)c1ccc2[nH]c(=O)oc2c1. The number of rotatable bonds is 11. The molecule has 2 aromatic heterocycles. The quantitative estimate of drug-likeness (QED) is 0.257. The number of halogens is 2. The van der Waals surface area contributed by atoms with Crippen molar-refractivity contribution in [3.05, 3.63) is 81.6 Å². The van der Waals surface area contributed by atoms with Crippen molar-refractivity contribution in [1.82, 2.24) is 30.6 Å². The number of alkyl halides is 2. The summed E-state index contributed by atoms with van der Waals surface area (Å²) >= 11 is 0. The second-order valence-electron chi connectivity index (χ2n) is 9.70. The summed E-state index contributed by atoms with van der Waals surface area (Å²) in [5, 5.41) is 21.9. The number of nitrogens with one attached hydrogen (secondary N) is 3. The van der Waals surface area contributed by atoms with E-state index in [1.165, 1.54) is 12.3 Å². The number of oxazole rings is 1. The van der Waals surface area contributed by atoms with Gasteiger partial charge in [0.15, 0.2) is 5.58 Å². The first-order valence-electron chi connectivity index (χ1n) is 12.5. The largest absolute Gasteiger partial charge is 0.417 e. The van der Waals surface area contributed by atoms with E-state index in [4.69, 9.17) is 9.68 Å². The monoisotopic (exact) mass is 551 g/mol. The third-order valence-electron chi connectivity index (χ3n) is 6.17. The van der Waals surface area contributed by atoms with E-state index in [2.05, 4.69) is 25.9 Å². The molecular formula is C27H27F2N7O4. The highest BCUT2D eigenvalue weighted by atomic mass is 19.3. The molecule has 0 aliphatic carbocycles. The Balaban J connectivity index is 1.29. The molecule has 13 heteroatoms. The van der Waals surface area contributed by atoms with Gasteiger partial charge < -0.3 is 15.1 Å². The molecule has 208 valence electrons. The molecule has 0 aliphatic rings. The van der Waals surface area contributed by atoms with E-state index >= 15 is 0 Å². The van der Waals surface area contributed by atoms with Crippen LogP contribution in [0.25, 0.3) is 11.1 Å². The number of hydrogen-bond acceptors (Lipinski definition) is 7. The first-order valence-corrected chi connectivity index (χ1v) is 12.5. The Hall–Kier alpha value is -4.86. The summed E-state index contributed by atoms with van der Waals surface area (Å²) in [6.07, 6.45) is 0.165. The minimum atomic E-state index is -3.25. The molecule has 0 saturated carbocycles. The van der Waals surface area contributed by atoms with Crippen molar-refractivity contribution < 1.29 is 22.8 Å². The van der Waals surface area contributed by atoms with Gasteiger partial charge in [0, 0.05) is 18.4 Å². The number of fused-ring (bicyclic) bond motifs is 1. The lowest BCUT2D eigenvalue weighted by atomic mass is 9.95. The normalized spacial score (nSPS) is 12.3. The lowest BCUT2D eigenvalue weighted by Crippen LogP contribution is -2.33. The first-order chi connectivity index (χ1) is 19.0. The minimum Gasteiger partial charge on any atom is -0.408 e. The maximum atomic E-state index is 14.7. The van der Waals surface area contributed by atoms with E-state index in [1.807, 2.05) is 19.9 Å². The second-order valence-corrected chi connectivity index (χ2v) is 9.70. The zero-order chi connectivity index (χ0) is 28.9. The van der Waals surface area contributed by atoms with Gasteiger partial charge in [0.1, 0.15) is 12.2 Å². The van der Waals surface area contributed by atoms with Gasteiger partial charge in [0.25, 0.3) is 11.8 Å². The van der Waals surface area contributed by atoms with Gasteiger partial charge in [0.2, 0.25) is 5.91 Å². The van der Waals surface area contributed by atoms with Crippen LogP contribution in [0.15, 0.2) is 57.9 Å². The molecule has 1 atom stereocenters. The molecule has 11 nitrogen and oxygen atoms in total. The summed E-state index contributed by atoms with van der Waals surface area (Å²) in [5.41, 5.74) is 2.44. The number of carbonyl (C=O) groups is 2. The molecule has 40 heavy (non-hydrogen) atoms. The predicted octanol–water partition coefficient (Wildman–Crippen LogP) is 3.44. The average molecular weight is 552 g/mol. The van der Waals surface area contributed by atoms with Crippen LogP contribution < -0.4 is 16.4 Å². The number of benzene rings is 2. The van der Waals surface area contributed by atoms with Crippen molar-refractivity contribution >= 4 is 22.9 Å². The van der Waals surface area contributed by atoms with E-state index in [0.29, 0.717) is 22.2 Å². The van der Waals surface area contributed by atoms with E-state index < -0.39 is 48.9 Å². The third-order valence-corrected chi connectivity index (χ3v) is 6.17. The molecule has 4 rings (SSSR count). The highest BCUT2D eigenvalue weighted by Gasteiger charge is 2.31. The van der Waals surface area contributed by atoms with Crippen molar-refractivity contribution in [3.8, 4) is 6.07 Å². The smallest absolute Gasteiger partial charge is 0.408 e. The molecule has 0 bridgehead atoms. The summed E-state index contributed by atoms with van der Waals surface area (Å²) in [6, 6.07) is 12.7. The molecule has 0 aliphatic heterocycles. The Bertz CT molecular complexity index is 1620. The van der Waals surface area contributed by atoms with Crippen molar-refractivity contribution in [2.24, 2.45) is 5.92 Å². The lowest BCUT2D eigenvalue weighted by molar-refractivity contribution is -0.124. The summed E-state index contributed by atoms with van der Waals surface area (Å²) in [6.45, 7) is 2.93. The van der Waals surface area contributed by atoms with Gasteiger partial charge in [-0.1, -0.05) is 31.2 Å². The maximum absolute atomic E-state index is 14.7. The minimum absolute atomic E-state index is 0.0435. The van der Waals surface area contributed by atoms with Crippen molar-refractivity contribution in [2.75, 3.05) is 0 Å². The van der Waals surface area contributed by atoms with Gasteiger partial charge in [-0.05, 0) is 41.8 Å². The van der Waals surface area contributed by atoms with Crippen LogP contribution in [0.5, 0.6) is 0 Å². The van der Waals surface area contributed by atoms with Gasteiger partial charge in [-0.15, -0.1) is 5.10 Å². The molecule has 0 saturated heterocycles. The molecule has 4 aromatic rings. The number of aromatic amines is 1. The Morgan fingerprint density at radius 1 is 1.23 bits per heavy atom. The van der Waals surface area contributed by atoms with Gasteiger partial charge >= 0.3 is 5.76 Å². The zero-order valence-corrected chi connectivity index (χ0v) is 21.8. The molecule has 0 spiro atoms. The molecular weight excluding hydrogens is 524 g/mol. The molecule has 3 N–H and O–H groups in total. The Morgan fingerprint density at radius 3 is 2.77 bits per heavy atom. The fourth-order valence-electron chi connectivity index (χ4n) is 4.15. The van der Waals surface area contributed by atoms with Gasteiger partial charge in [-0.2, -0.15) is 5.26 Å². The van der Waals surface area contributed by atoms with Crippen LogP contribution in [0.3, 0.4) is 0 Å². The molecule has 2 amide bonds. The van der Waals surface area contributed by atoms with E-state index in [9.17, 15) is 23.2 Å². The molecule has 2 aromatic carbocycles. The molecule has 0 fully saturated rings. The maximum Gasteiger partial charge on any atom is 0.417 e. The fourth-order valence-corrected chi connectivity index (χ4v) is 4.15. The van der Waals surface area contributed by atoms with Crippen LogP contribution in [0.1, 0.15) is 59.9 Å². The van der Waals surface area contributed by atoms with Crippen LogP contribution in [0.2, 0.25) is 0 Å². The number of H-pyrrole nitrogens is 1. The highest BCUT2D eigenvalue weighted by Crippen LogP contribution is 2.26. The summed E-state index contributed by atoms with van der Waals surface area (Å²) in [4.78, 5) is 38.8. The molecule has 0 radical (unpaired) electrons. The standard InChI is InChI=1S/C27H27F2N7O4/c1-16(2)24(18-6-7-21-22(11-18)40-26(39)32-21)33-23(37)8-9-27(28,29)15-36-14-20(34-35-36)13-31-25(38)19-5-3-4-17(10-19)12-30/h3-7,10-11,14,16,24H,8-9,13,15H2,1-2H3,(H,31,38)(H,32,39)(H,33,37). The van der Waals surface area contributed by atoms with E-state index in [0.717, 1.165) is 4.68 Å². The number of aromatic nitrogens is 4. The van der Waals surface area contributed by atoms with E-state index in [1.54, 1.807) is 36.4 Å². The van der Waals surface area contributed by atoms with Gasteiger partial charge in [-0.3, -0.25) is 14.6 Å². The summed E-state index contributed by atoms with van der Waals surface area (Å²) in [7, 11) is 0. The fraction of sp³-hybridized carbons (Fsp3) is 0.333. The highest BCUT2D eigenvalue weighted by molar-refractivity contribution is 5.94. The number of amides is 2. The Morgan fingerprint density at radius 2 is 2.02 bits per heavy atom. The summed E-state index contributed by atoms with van der Waals surface area (Å²) < 4.78 is 35.4. The van der Waals surface area contributed by atoms with E-state index in [-0.39, 0.29) is 23.7 Å². The summed E-state index contributed by atoms with van der Waals surface area (Å²) in [5.74, 6) is -4.89. The number of hydrogen-bond donors (Lipinski definition) is 3. The number of carbonyl (C=O) groups excluding carboxylic acids is 2. The van der Waals surface area contributed by atoms with Crippen LogP contribution in [0.4, 0.5) is 8.78 Å².